The van der Waals surface area contributed by atoms with E-state index in [4.69, 9.17) is 9.47 Å². The second-order valence-corrected chi connectivity index (χ2v) is 6.82. The zero-order chi connectivity index (χ0) is 19.3. The van der Waals surface area contributed by atoms with Gasteiger partial charge in [-0.3, -0.25) is 9.59 Å². The van der Waals surface area contributed by atoms with Crippen molar-refractivity contribution in [3.8, 4) is 11.1 Å². The SMILES string of the molecule is CCCCOC(=O)C1(C(=O)OCCCC)c2ccccc2-c2ccccc21. The third kappa shape index (κ3) is 3.25. The van der Waals surface area contributed by atoms with Crippen molar-refractivity contribution >= 4 is 11.9 Å². The summed E-state index contributed by atoms with van der Waals surface area (Å²) in [6, 6.07) is 15.1. The summed E-state index contributed by atoms with van der Waals surface area (Å²) >= 11 is 0. The van der Waals surface area contributed by atoms with Gasteiger partial charge in [0.05, 0.1) is 13.2 Å². The molecule has 2 aromatic carbocycles. The van der Waals surface area contributed by atoms with Gasteiger partial charge in [0.25, 0.3) is 0 Å². The number of benzene rings is 2. The Balaban J connectivity index is 2.12. The monoisotopic (exact) mass is 366 g/mol. The van der Waals surface area contributed by atoms with Crippen LogP contribution in [0.4, 0.5) is 0 Å². The van der Waals surface area contributed by atoms with Crippen molar-refractivity contribution in [1.29, 1.82) is 0 Å². The third-order valence-electron chi connectivity index (χ3n) is 5.03. The molecule has 1 aliphatic rings. The number of carbonyl (C=O) groups excluding carboxylic acids is 2. The lowest BCUT2D eigenvalue weighted by molar-refractivity contribution is -0.162. The number of fused-ring (bicyclic) bond motifs is 3. The lowest BCUT2D eigenvalue weighted by atomic mass is 9.78. The number of unbranched alkanes of at least 4 members (excludes halogenated alkanes) is 2. The minimum absolute atomic E-state index is 0.295. The Kier molecular flexibility index (Phi) is 5.94. The molecule has 0 amide bonds. The standard InChI is InChI=1S/C23H26O4/c1-3-5-15-26-21(24)23(22(25)27-16-6-4-2)19-13-9-7-11-17(19)18-12-8-10-14-20(18)23/h7-14H,3-6,15-16H2,1-2H3. The molecule has 0 radical (unpaired) electrons. The van der Waals surface area contributed by atoms with E-state index in [1.807, 2.05) is 62.4 Å². The minimum atomic E-state index is -1.55. The molecule has 0 spiro atoms. The Morgan fingerprint density at radius 1 is 0.741 bits per heavy atom. The van der Waals surface area contributed by atoms with E-state index in [0.29, 0.717) is 24.3 Å². The second kappa shape index (κ2) is 8.38. The first kappa shape index (κ1) is 19.2. The molecule has 0 aromatic heterocycles. The number of esters is 2. The van der Waals surface area contributed by atoms with Gasteiger partial charge in [-0.25, -0.2) is 0 Å². The third-order valence-corrected chi connectivity index (χ3v) is 5.03. The number of hydrogen-bond acceptors (Lipinski definition) is 4. The van der Waals surface area contributed by atoms with Gasteiger partial charge in [0.1, 0.15) is 0 Å². The topological polar surface area (TPSA) is 52.6 Å². The molecule has 0 aliphatic heterocycles. The average molecular weight is 366 g/mol. The van der Waals surface area contributed by atoms with Crippen molar-refractivity contribution in [3.63, 3.8) is 0 Å². The largest absolute Gasteiger partial charge is 0.464 e. The highest BCUT2D eigenvalue weighted by atomic mass is 16.6. The molecule has 0 heterocycles. The lowest BCUT2D eigenvalue weighted by Crippen LogP contribution is -2.46. The maximum absolute atomic E-state index is 13.3. The molecule has 4 heteroatoms. The average Bonchev–Trinajstić information content (AvgIpc) is 3.00. The summed E-state index contributed by atoms with van der Waals surface area (Å²) in [6.07, 6.45) is 3.34. The molecule has 0 N–H and O–H groups in total. The number of ether oxygens (including phenoxy) is 2. The number of rotatable bonds is 8. The van der Waals surface area contributed by atoms with Crippen molar-refractivity contribution in [1.82, 2.24) is 0 Å². The van der Waals surface area contributed by atoms with E-state index in [0.717, 1.165) is 36.8 Å². The van der Waals surface area contributed by atoms with Gasteiger partial charge in [0.15, 0.2) is 0 Å². The van der Waals surface area contributed by atoms with E-state index in [1.165, 1.54) is 0 Å². The van der Waals surface area contributed by atoms with Crippen LogP contribution in [0.3, 0.4) is 0 Å². The maximum Gasteiger partial charge on any atom is 0.332 e. The van der Waals surface area contributed by atoms with Crippen LogP contribution in [-0.4, -0.2) is 25.2 Å². The molecule has 27 heavy (non-hydrogen) atoms. The molecule has 0 saturated carbocycles. The molecule has 0 unspecified atom stereocenters. The van der Waals surface area contributed by atoms with Crippen molar-refractivity contribution in [2.45, 2.75) is 44.9 Å². The Morgan fingerprint density at radius 2 is 1.15 bits per heavy atom. The summed E-state index contributed by atoms with van der Waals surface area (Å²) in [5.74, 6) is -1.09. The van der Waals surface area contributed by atoms with Gasteiger partial charge in [-0.1, -0.05) is 75.2 Å². The molecular formula is C23H26O4. The first-order valence-electron chi connectivity index (χ1n) is 9.71. The number of hydrogen-bond donors (Lipinski definition) is 0. The van der Waals surface area contributed by atoms with Gasteiger partial charge < -0.3 is 9.47 Å². The zero-order valence-corrected chi connectivity index (χ0v) is 16.0. The fourth-order valence-corrected chi connectivity index (χ4v) is 3.59. The highest BCUT2D eigenvalue weighted by Crippen LogP contribution is 2.50. The fraction of sp³-hybridized carbons (Fsp3) is 0.391. The maximum atomic E-state index is 13.3. The highest BCUT2D eigenvalue weighted by molar-refractivity contribution is 6.15. The predicted octanol–water partition coefficient (Wildman–Crippen LogP) is 4.64. The summed E-state index contributed by atoms with van der Waals surface area (Å²) < 4.78 is 11.1. The van der Waals surface area contributed by atoms with Crippen LogP contribution in [0.25, 0.3) is 11.1 Å². The molecule has 142 valence electrons. The molecule has 2 aromatic rings. The van der Waals surface area contributed by atoms with E-state index in [9.17, 15) is 9.59 Å². The first-order chi connectivity index (χ1) is 13.2. The quantitative estimate of drug-likeness (QED) is 0.388. The Bertz CT molecular complexity index is 755. The molecule has 1 aliphatic carbocycles. The molecular weight excluding hydrogens is 340 g/mol. The fourth-order valence-electron chi connectivity index (χ4n) is 3.59. The van der Waals surface area contributed by atoms with Gasteiger partial charge in [-0.2, -0.15) is 0 Å². The van der Waals surface area contributed by atoms with E-state index < -0.39 is 17.4 Å². The van der Waals surface area contributed by atoms with Crippen molar-refractivity contribution in [2.75, 3.05) is 13.2 Å². The summed E-state index contributed by atoms with van der Waals surface area (Å²) in [4.78, 5) is 26.6. The van der Waals surface area contributed by atoms with Crippen LogP contribution < -0.4 is 0 Å². The predicted molar refractivity (Wildman–Crippen MR) is 104 cm³/mol. The van der Waals surface area contributed by atoms with Crippen LogP contribution in [-0.2, 0) is 24.5 Å². The van der Waals surface area contributed by atoms with Gasteiger partial charge in [-0.05, 0) is 35.1 Å². The van der Waals surface area contributed by atoms with Crippen molar-refractivity contribution in [2.24, 2.45) is 0 Å². The summed E-state index contributed by atoms with van der Waals surface area (Å²) in [5, 5.41) is 0. The molecule has 0 atom stereocenters. The second-order valence-electron chi connectivity index (χ2n) is 6.82. The minimum Gasteiger partial charge on any atom is -0.464 e. The van der Waals surface area contributed by atoms with E-state index in [1.54, 1.807) is 0 Å². The number of carbonyl (C=O) groups is 2. The van der Waals surface area contributed by atoms with Crippen LogP contribution in [0, 0.1) is 0 Å². The van der Waals surface area contributed by atoms with Crippen LogP contribution in [0.1, 0.15) is 50.7 Å². The van der Waals surface area contributed by atoms with Crippen LogP contribution >= 0.6 is 0 Å². The normalized spacial score (nSPS) is 13.6. The van der Waals surface area contributed by atoms with Gasteiger partial charge in [-0.15, -0.1) is 0 Å². The molecule has 0 bridgehead atoms. The summed E-state index contributed by atoms with van der Waals surface area (Å²) in [5.41, 5.74) is 1.51. The van der Waals surface area contributed by atoms with Crippen molar-refractivity contribution in [3.05, 3.63) is 59.7 Å². The summed E-state index contributed by atoms with van der Waals surface area (Å²) in [7, 11) is 0. The van der Waals surface area contributed by atoms with E-state index >= 15 is 0 Å². The Labute approximate surface area is 160 Å². The molecule has 0 fully saturated rings. The Morgan fingerprint density at radius 3 is 1.56 bits per heavy atom. The van der Waals surface area contributed by atoms with E-state index in [2.05, 4.69) is 0 Å². The highest BCUT2D eigenvalue weighted by Gasteiger charge is 2.57. The molecule has 3 rings (SSSR count). The molecule has 4 nitrogen and oxygen atoms in total. The van der Waals surface area contributed by atoms with Crippen molar-refractivity contribution < 1.29 is 19.1 Å². The van der Waals surface area contributed by atoms with Crippen LogP contribution in [0.2, 0.25) is 0 Å². The first-order valence-corrected chi connectivity index (χ1v) is 9.71. The Hall–Kier alpha value is -2.62. The van der Waals surface area contributed by atoms with Gasteiger partial charge in [0.2, 0.25) is 5.41 Å². The summed E-state index contributed by atoms with van der Waals surface area (Å²) in [6.45, 7) is 4.65. The van der Waals surface area contributed by atoms with Crippen LogP contribution in [0.5, 0.6) is 0 Å². The van der Waals surface area contributed by atoms with Gasteiger partial charge >= 0.3 is 11.9 Å². The molecule has 0 saturated heterocycles. The van der Waals surface area contributed by atoms with E-state index in [-0.39, 0.29) is 0 Å². The van der Waals surface area contributed by atoms with Crippen LogP contribution in [0.15, 0.2) is 48.5 Å². The smallest absolute Gasteiger partial charge is 0.332 e. The lowest BCUT2D eigenvalue weighted by Gasteiger charge is -2.27. The zero-order valence-electron chi connectivity index (χ0n) is 16.0. The van der Waals surface area contributed by atoms with Gasteiger partial charge in [0, 0.05) is 0 Å².